The molecule has 0 aliphatic carbocycles. The summed E-state index contributed by atoms with van der Waals surface area (Å²) >= 11 is 0. The van der Waals surface area contributed by atoms with E-state index in [-0.39, 0.29) is 4.90 Å². The van der Waals surface area contributed by atoms with Crippen molar-refractivity contribution in [2.45, 2.75) is 37.5 Å². The fraction of sp³-hybridized carbons (Fsp3) is 0.455. The summed E-state index contributed by atoms with van der Waals surface area (Å²) in [7, 11) is -4.06. The molecule has 84 valence electrons. The number of aryl methyl sites for hydroxylation is 1. The minimum atomic E-state index is -4.06. The van der Waals surface area contributed by atoms with Crippen molar-refractivity contribution in [3.05, 3.63) is 29.8 Å². The molecule has 1 aromatic rings. The molecule has 15 heavy (non-hydrogen) atoms. The van der Waals surface area contributed by atoms with E-state index in [1.54, 1.807) is 6.07 Å². The minimum absolute atomic E-state index is 0.0171. The van der Waals surface area contributed by atoms with Crippen molar-refractivity contribution in [2.24, 2.45) is 0 Å². The number of benzene rings is 1. The van der Waals surface area contributed by atoms with Gasteiger partial charge in [-0.3, -0.25) is 4.55 Å². The molecule has 1 rings (SSSR count). The van der Waals surface area contributed by atoms with E-state index in [0.29, 0.717) is 0 Å². The molecule has 0 saturated heterocycles. The highest BCUT2D eigenvalue weighted by Gasteiger charge is 2.08. The summed E-state index contributed by atoms with van der Waals surface area (Å²) < 4.78 is 30.6. The van der Waals surface area contributed by atoms with Crippen molar-refractivity contribution >= 4 is 10.1 Å². The molecule has 0 atom stereocenters. The Morgan fingerprint density at radius 1 is 1.27 bits per heavy atom. The zero-order valence-corrected chi connectivity index (χ0v) is 9.63. The van der Waals surface area contributed by atoms with Crippen LogP contribution in [0.15, 0.2) is 29.2 Å². The van der Waals surface area contributed by atoms with Gasteiger partial charge in [-0.2, -0.15) is 8.42 Å². The predicted molar refractivity (Wildman–Crippen MR) is 59.5 cm³/mol. The number of unbranched alkanes of at least 4 members (excludes halogenated alkanes) is 2. The molecule has 0 amide bonds. The molecule has 0 aromatic heterocycles. The van der Waals surface area contributed by atoms with Gasteiger partial charge in [0.2, 0.25) is 0 Å². The zero-order chi connectivity index (χ0) is 11.3. The highest BCUT2D eigenvalue weighted by molar-refractivity contribution is 7.85. The monoisotopic (exact) mass is 228 g/mol. The smallest absolute Gasteiger partial charge is 0.282 e. The van der Waals surface area contributed by atoms with Gasteiger partial charge in [-0.1, -0.05) is 31.9 Å². The van der Waals surface area contributed by atoms with Crippen molar-refractivity contribution in [1.82, 2.24) is 0 Å². The van der Waals surface area contributed by atoms with E-state index >= 15 is 0 Å². The van der Waals surface area contributed by atoms with Crippen LogP contribution in [0.5, 0.6) is 0 Å². The fourth-order valence-corrected chi connectivity index (χ4v) is 1.99. The zero-order valence-electron chi connectivity index (χ0n) is 8.81. The number of hydrogen-bond acceptors (Lipinski definition) is 2. The Kier molecular flexibility index (Phi) is 4.29. The number of rotatable bonds is 5. The average molecular weight is 228 g/mol. The molecule has 0 unspecified atom stereocenters. The lowest BCUT2D eigenvalue weighted by molar-refractivity contribution is 0.483. The molecular formula is C11H16O3S. The summed E-state index contributed by atoms with van der Waals surface area (Å²) in [5.41, 5.74) is 0.957. The lowest BCUT2D eigenvalue weighted by Gasteiger charge is -2.02. The topological polar surface area (TPSA) is 54.4 Å². The Morgan fingerprint density at radius 2 is 2.00 bits per heavy atom. The van der Waals surface area contributed by atoms with E-state index in [9.17, 15) is 8.42 Å². The molecule has 4 heteroatoms. The molecular weight excluding hydrogens is 212 g/mol. The fourth-order valence-electron chi connectivity index (χ4n) is 1.44. The maximum atomic E-state index is 10.9. The first-order valence-electron chi connectivity index (χ1n) is 5.10. The molecule has 0 fully saturated rings. The molecule has 0 heterocycles. The molecule has 0 saturated carbocycles. The minimum Gasteiger partial charge on any atom is -0.282 e. The molecule has 0 radical (unpaired) electrons. The van der Waals surface area contributed by atoms with Gasteiger partial charge in [-0.15, -0.1) is 0 Å². The van der Waals surface area contributed by atoms with Crippen molar-refractivity contribution in [3.63, 3.8) is 0 Å². The average Bonchev–Trinajstić information content (AvgIpc) is 2.17. The lowest BCUT2D eigenvalue weighted by Crippen LogP contribution is -1.98. The van der Waals surface area contributed by atoms with Crippen LogP contribution in [0.1, 0.15) is 31.7 Å². The van der Waals surface area contributed by atoms with Crippen molar-refractivity contribution in [1.29, 1.82) is 0 Å². The van der Waals surface area contributed by atoms with Crippen LogP contribution in [-0.2, 0) is 16.5 Å². The predicted octanol–water partition coefficient (Wildman–Crippen LogP) is 2.67. The highest BCUT2D eigenvalue weighted by atomic mass is 32.2. The molecule has 3 nitrogen and oxygen atoms in total. The van der Waals surface area contributed by atoms with Gasteiger partial charge >= 0.3 is 0 Å². The van der Waals surface area contributed by atoms with Crippen LogP contribution < -0.4 is 0 Å². The summed E-state index contributed by atoms with van der Waals surface area (Å²) in [5, 5.41) is 0. The van der Waals surface area contributed by atoms with Gasteiger partial charge in [0.1, 0.15) is 0 Å². The van der Waals surface area contributed by atoms with Crippen LogP contribution in [0.3, 0.4) is 0 Å². The first-order chi connectivity index (χ1) is 7.04. The Labute approximate surface area is 90.9 Å². The summed E-state index contributed by atoms with van der Waals surface area (Å²) in [4.78, 5) is -0.0171. The Bertz CT molecular complexity index is 410. The van der Waals surface area contributed by atoms with Crippen LogP contribution in [0.4, 0.5) is 0 Å². The van der Waals surface area contributed by atoms with E-state index in [4.69, 9.17) is 4.55 Å². The normalized spacial score (nSPS) is 11.6. The summed E-state index contributed by atoms with van der Waals surface area (Å²) in [6.45, 7) is 2.12. The largest absolute Gasteiger partial charge is 0.294 e. The Morgan fingerprint density at radius 3 is 2.60 bits per heavy atom. The molecule has 0 spiro atoms. The highest BCUT2D eigenvalue weighted by Crippen LogP contribution is 2.13. The molecule has 0 bridgehead atoms. The summed E-state index contributed by atoms with van der Waals surface area (Å²) in [6.07, 6.45) is 4.18. The standard InChI is InChI=1S/C11H16O3S/c1-2-3-4-6-10-7-5-8-11(9-10)15(12,13)14/h5,7-9H,2-4,6H2,1H3,(H,12,13,14). The maximum Gasteiger partial charge on any atom is 0.294 e. The third-order valence-corrected chi connectivity index (χ3v) is 3.11. The van der Waals surface area contributed by atoms with Crippen LogP contribution >= 0.6 is 0 Å². The van der Waals surface area contributed by atoms with Crippen molar-refractivity contribution < 1.29 is 13.0 Å². The lowest BCUT2D eigenvalue weighted by atomic mass is 10.1. The maximum absolute atomic E-state index is 10.9. The Balaban J connectivity index is 2.75. The van der Waals surface area contributed by atoms with Gasteiger partial charge in [-0.25, -0.2) is 0 Å². The third-order valence-electron chi connectivity index (χ3n) is 2.27. The first kappa shape index (κ1) is 12.2. The van der Waals surface area contributed by atoms with Gasteiger partial charge in [0.15, 0.2) is 0 Å². The van der Waals surface area contributed by atoms with E-state index in [1.165, 1.54) is 12.1 Å². The Hall–Kier alpha value is -0.870. The van der Waals surface area contributed by atoms with Gasteiger partial charge in [-0.05, 0) is 30.5 Å². The van der Waals surface area contributed by atoms with E-state index in [2.05, 4.69) is 6.92 Å². The van der Waals surface area contributed by atoms with E-state index < -0.39 is 10.1 Å². The van der Waals surface area contributed by atoms with Crippen molar-refractivity contribution in [3.8, 4) is 0 Å². The van der Waals surface area contributed by atoms with Gasteiger partial charge < -0.3 is 0 Å². The van der Waals surface area contributed by atoms with E-state index in [0.717, 1.165) is 31.2 Å². The van der Waals surface area contributed by atoms with Crippen molar-refractivity contribution in [2.75, 3.05) is 0 Å². The van der Waals surface area contributed by atoms with Gasteiger partial charge in [0, 0.05) is 0 Å². The van der Waals surface area contributed by atoms with Crippen LogP contribution in [-0.4, -0.2) is 13.0 Å². The van der Waals surface area contributed by atoms with Gasteiger partial charge in [0.05, 0.1) is 4.90 Å². The molecule has 1 aromatic carbocycles. The summed E-state index contributed by atoms with van der Waals surface area (Å²) in [5.74, 6) is 0. The number of hydrogen-bond donors (Lipinski definition) is 1. The first-order valence-corrected chi connectivity index (χ1v) is 6.54. The second kappa shape index (κ2) is 5.28. The third kappa shape index (κ3) is 4.01. The SMILES string of the molecule is CCCCCc1cccc(S(=O)(=O)O)c1. The second-order valence-electron chi connectivity index (χ2n) is 3.58. The molecule has 0 aliphatic heterocycles. The summed E-state index contributed by atoms with van der Waals surface area (Å²) in [6, 6.07) is 6.47. The molecule has 1 N–H and O–H groups in total. The van der Waals surface area contributed by atoms with Gasteiger partial charge in [0.25, 0.3) is 10.1 Å². The van der Waals surface area contributed by atoms with Crippen LogP contribution in [0.2, 0.25) is 0 Å². The molecule has 0 aliphatic rings. The second-order valence-corrected chi connectivity index (χ2v) is 5.00. The van der Waals surface area contributed by atoms with Crippen LogP contribution in [0.25, 0.3) is 0 Å². The van der Waals surface area contributed by atoms with Crippen LogP contribution in [0, 0.1) is 0 Å². The quantitative estimate of drug-likeness (QED) is 0.622. The van der Waals surface area contributed by atoms with E-state index in [1.807, 2.05) is 6.07 Å².